The van der Waals surface area contributed by atoms with Crippen LogP contribution >= 0.6 is 11.3 Å². The van der Waals surface area contributed by atoms with E-state index in [-0.39, 0.29) is 11.8 Å². The van der Waals surface area contributed by atoms with Gasteiger partial charge in [0.1, 0.15) is 5.82 Å². The van der Waals surface area contributed by atoms with Crippen LogP contribution in [0.5, 0.6) is 0 Å². The Bertz CT molecular complexity index is 685. The molecule has 1 aliphatic rings. The van der Waals surface area contributed by atoms with Crippen molar-refractivity contribution in [1.29, 1.82) is 0 Å². The van der Waals surface area contributed by atoms with Crippen LogP contribution in [0.25, 0.3) is 0 Å². The third-order valence-corrected chi connectivity index (χ3v) is 5.15. The van der Waals surface area contributed by atoms with Crippen LogP contribution in [0.15, 0.2) is 23.7 Å². The smallest absolute Gasteiger partial charge is 0.229 e. The quantitative estimate of drug-likeness (QED) is 0.936. The molecule has 2 aromatic rings. The Balaban J connectivity index is 1.59. The highest BCUT2D eigenvalue weighted by Crippen LogP contribution is 2.22. The van der Waals surface area contributed by atoms with Gasteiger partial charge in [-0.25, -0.2) is 9.97 Å². The highest BCUT2D eigenvalue weighted by Gasteiger charge is 2.26. The molecule has 122 valence electrons. The van der Waals surface area contributed by atoms with Gasteiger partial charge in [0.25, 0.3) is 0 Å². The Morgan fingerprint density at radius 3 is 3.04 bits per heavy atom. The van der Waals surface area contributed by atoms with E-state index < -0.39 is 0 Å². The number of thiazole rings is 1. The van der Waals surface area contributed by atoms with Crippen molar-refractivity contribution < 1.29 is 4.79 Å². The summed E-state index contributed by atoms with van der Waals surface area (Å²) < 4.78 is 0. The lowest BCUT2D eigenvalue weighted by atomic mass is 9.97. The van der Waals surface area contributed by atoms with Crippen molar-refractivity contribution in [3.8, 4) is 0 Å². The predicted molar refractivity (Wildman–Crippen MR) is 92.5 cm³/mol. The average molecular weight is 330 g/mol. The Kier molecular flexibility index (Phi) is 5.03. The van der Waals surface area contributed by atoms with Gasteiger partial charge in [-0.05, 0) is 45.4 Å². The number of nitrogens with one attached hydrogen (secondary N) is 1. The number of carbonyl (C=O) groups is 1. The number of carbonyl (C=O) groups excluding carboxylic acids is 1. The molecular weight excluding hydrogens is 308 g/mol. The molecule has 0 bridgehead atoms. The summed E-state index contributed by atoms with van der Waals surface area (Å²) in [5, 5.41) is 2.96. The SMILES string of the molecule is Cc1cccc(NC(=O)[C@H]2CCCN(Cc3scnc3C)C2)n1. The molecule has 0 aliphatic carbocycles. The number of aryl methyl sites for hydroxylation is 2. The summed E-state index contributed by atoms with van der Waals surface area (Å²) in [5.41, 5.74) is 3.90. The van der Waals surface area contributed by atoms with Crippen molar-refractivity contribution in [2.75, 3.05) is 18.4 Å². The van der Waals surface area contributed by atoms with Gasteiger partial charge in [-0.15, -0.1) is 11.3 Å². The maximum atomic E-state index is 12.5. The molecule has 0 saturated carbocycles. The molecule has 1 N–H and O–H groups in total. The number of hydrogen-bond acceptors (Lipinski definition) is 5. The van der Waals surface area contributed by atoms with E-state index in [4.69, 9.17) is 0 Å². The van der Waals surface area contributed by atoms with E-state index in [2.05, 4.69) is 20.2 Å². The lowest BCUT2D eigenvalue weighted by molar-refractivity contribution is -0.121. The molecule has 23 heavy (non-hydrogen) atoms. The summed E-state index contributed by atoms with van der Waals surface area (Å²) in [5.74, 6) is 0.749. The van der Waals surface area contributed by atoms with Crippen LogP contribution < -0.4 is 5.32 Å². The maximum Gasteiger partial charge on any atom is 0.229 e. The lowest BCUT2D eigenvalue weighted by Gasteiger charge is -2.31. The monoisotopic (exact) mass is 330 g/mol. The molecule has 1 amide bonds. The zero-order valence-electron chi connectivity index (χ0n) is 13.6. The normalized spacial score (nSPS) is 18.8. The second kappa shape index (κ2) is 7.19. The number of amides is 1. The van der Waals surface area contributed by atoms with Crippen LogP contribution in [0.1, 0.15) is 29.1 Å². The lowest BCUT2D eigenvalue weighted by Crippen LogP contribution is -2.40. The fourth-order valence-corrected chi connectivity index (χ4v) is 3.75. The molecule has 0 unspecified atom stereocenters. The summed E-state index contributed by atoms with van der Waals surface area (Å²) >= 11 is 1.69. The van der Waals surface area contributed by atoms with Gasteiger partial charge in [-0.1, -0.05) is 6.07 Å². The minimum atomic E-state index is 0.0271. The first-order chi connectivity index (χ1) is 11.1. The fourth-order valence-electron chi connectivity index (χ4n) is 2.94. The van der Waals surface area contributed by atoms with Gasteiger partial charge in [0.15, 0.2) is 0 Å². The van der Waals surface area contributed by atoms with Crippen molar-refractivity contribution in [1.82, 2.24) is 14.9 Å². The molecular formula is C17H22N4OS. The summed E-state index contributed by atoms with van der Waals surface area (Å²) in [7, 11) is 0. The molecule has 1 aliphatic heterocycles. The second-order valence-corrected chi connectivity index (χ2v) is 7.03. The highest BCUT2D eigenvalue weighted by molar-refractivity contribution is 7.09. The standard InChI is InChI=1S/C17H22N4OS/c1-12-5-3-7-16(19-12)20-17(22)14-6-4-8-21(9-14)10-15-13(2)18-11-23-15/h3,5,7,11,14H,4,6,8-10H2,1-2H3,(H,19,20,22)/t14-/m0/s1. The van der Waals surface area contributed by atoms with E-state index in [0.29, 0.717) is 5.82 Å². The van der Waals surface area contributed by atoms with Gasteiger partial charge >= 0.3 is 0 Å². The van der Waals surface area contributed by atoms with Gasteiger partial charge < -0.3 is 5.32 Å². The molecule has 1 fully saturated rings. The van der Waals surface area contributed by atoms with Gasteiger partial charge in [-0.3, -0.25) is 9.69 Å². The zero-order valence-corrected chi connectivity index (χ0v) is 14.4. The molecule has 0 radical (unpaired) electrons. The van der Waals surface area contributed by atoms with E-state index in [9.17, 15) is 4.79 Å². The number of likely N-dealkylation sites (tertiary alicyclic amines) is 1. The molecule has 3 heterocycles. The zero-order chi connectivity index (χ0) is 16.2. The molecule has 0 spiro atoms. The first kappa shape index (κ1) is 16.1. The van der Waals surface area contributed by atoms with Crippen molar-refractivity contribution in [2.24, 2.45) is 5.92 Å². The second-order valence-electron chi connectivity index (χ2n) is 6.09. The highest BCUT2D eigenvalue weighted by atomic mass is 32.1. The first-order valence-electron chi connectivity index (χ1n) is 7.97. The van der Waals surface area contributed by atoms with Crippen LogP contribution in [0.4, 0.5) is 5.82 Å². The molecule has 5 nitrogen and oxygen atoms in total. The minimum absolute atomic E-state index is 0.0271. The number of piperidine rings is 1. The van der Waals surface area contributed by atoms with Gasteiger partial charge in [0, 0.05) is 23.7 Å². The molecule has 3 rings (SSSR count). The largest absolute Gasteiger partial charge is 0.310 e. The van der Waals surface area contributed by atoms with Crippen LogP contribution in [0.2, 0.25) is 0 Å². The van der Waals surface area contributed by atoms with E-state index in [1.165, 1.54) is 4.88 Å². The number of aromatic nitrogens is 2. The molecule has 1 saturated heterocycles. The minimum Gasteiger partial charge on any atom is -0.310 e. The Morgan fingerprint density at radius 2 is 2.30 bits per heavy atom. The van der Waals surface area contributed by atoms with Crippen molar-refractivity contribution in [3.05, 3.63) is 40.0 Å². The third kappa shape index (κ3) is 4.14. The van der Waals surface area contributed by atoms with Crippen LogP contribution in [0, 0.1) is 19.8 Å². The van der Waals surface area contributed by atoms with Gasteiger partial charge in [0.2, 0.25) is 5.91 Å². The molecule has 0 aromatic carbocycles. The van der Waals surface area contributed by atoms with Crippen molar-refractivity contribution in [3.63, 3.8) is 0 Å². The Morgan fingerprint density at radius 1 is 1.43 bits per heavy atom. The van der Waals surface area contributed by atoms with E-state index >= 15 is 0 Å². The average Bonchev–Trinajstić information content (AvgIpc) is 2.93. The third-order valence-electron chi connectivity index (χ3n) is 4.23. The van der Waals surface area contributed by atoms with Crippen LogP contribution in [0.3, 0.4) is 0 Å². The van der Waals surface area contributed by atoms with E-state index in [0.717, 1.165) is 43.9 Å². The number of pyridine rings is 1. The number of rotatable bonds is 4. The summed E-state index contributed by atoms with van der Waals surface area (Å²) in [6.45, 7) is 6.71. The number of hydrogen-bond donors (Lipinski definition) is 1. The number of nitrogens with zero attached hydrogens (tertiary/aromatic N) is 3. The van der Waals surface area contributed by atoms with Gasteiger partial charge in [0.05, 0.1) is 17.1 Å². The van der Waals surface area contributed by atoms with E-state index in [1.807, 2.05) is 37.6 Å². The Hall–Kier alpha value is -1.79. The van der Waals surface area contributed by atoms with E-state index in [1.54, 1.807) is 11.3 Å². The summed E-state index contributed by atoms with van der Waals surface area (Å²) in [6.07, 6.45) is 1.99. The Labute approximate surface area is 140 Å². The molecule has 1 atom stereocenters. The topological polar surface area (TPSA) is 58.1 Å². The van der Waals surface area contributed by atoms with Crippen molar-refractivity contribution >= 4 is 23.1 Å². The summed E-state index contributed by atoms with van der Waals surface area (Å²) in [6, 6.07) is 5.68. The van der Waals surface area contributed by atoms with Crippen molar-refractivity contribution in [2.45, 2.75) is 33.2 Å². The predicted octanol–water partition coefficient (Wildman–Crippen LogP) is 3.01. The van der Waals surface area contributed by atoms with Crippen LogP contribution in [-0.4, -0.2) is 33.9 Å². The first-order valence-corrected chi connectivity index (χ1v) is 8.85. The number of anilines is 1. The molecule has 2 aromatic heterocycles. The maximum absolute atomic E-state index is 12.5. The summed E-state index contributed by atoms with van der Waals surface area (Å²) in [4.78, 5) is 24.8. The molecule has 6 heteroatoms. The van der Waals surface area contributed by atoms with Gasteiger partial charge in [-0.2, -0.15) is 0 Å². The fraction of sp³-hybridized carbons (Fsp3) is 0.471. The van der Waals surface area contributed by atoms with Crippen LogP contribution in [-0.2, 0) is 11.3 Å².